The predicted molar refractivity (Wildman–Crippen MR) is 151 cm³/mol. The zero-order valence-electron chi connectivity index (χ0n) is 22.6. The van der Waals surface area contributed by atoms with Crippen LogP contribution in [-0.4, -0.2) is 29.0 Å². The first-order valence-corrected chi connectivity index (χ1v) is 13.4. The number of nitrogens with one attached hydrogen (secondary N) is 2. The highest BCUT2D eigenvalue weighted by molar-refractivity contribution is 6.06. The van der Waals surface area contributed by atoms with Gasteiger partial charge < -0.3 is 15.4 Å². The first-order valence-electron chi connectivity index (χ1n) is 13.4. The van der Waals surface area contributed by atoms with Crippen molar-refractivity contribution in [3.63, 3.8) is 0 Å². The van der Waals surface area contributed by atoms with E-state index in [0.29, 0.717) is 17.6 Å². The average Bonchev–Trinajstić information content (AvgIpc) is 3.48. The van der Waals surface area contributed by atoms with Crippen molar-refractivity contribution >= 4 is 28.4 Å². The molecule has 3 aromatic carbocycles. The van der Waals surface area contributed by atoms with E-state index in [1.165, 1.54) is 6.07 Å². The first kappa shape index (κ1) is 27.4. The van der Waals surface area contributed by atoms with Gasteiger partial charge in [0.25, 0.3) is 5.91 Å². The number of nitrogens with zero attached hydrogens (tertiary/aromatic N) is 2. The van der Waals surface area contributed by atoms with E-state index in [1.807, 2.05) is 44.2 Å². The quantitative estimate of drug-likeness (QED) is 0.246. The maximum absolute atomic E-state index is 13.6. The number of aromatic nitrogens is 2. The summed E-state index contributed by atoms with van der Waals surface area (Å²) in [6.45, 7) is 3.87. The Morgan fingerprint density at radius 2 is 1.82 bits per heavy atom. The summed E-state index contributed by atoms with van der Waals surface area (Å²) in [6.07, 6.45) is 1.17. The number of aryl methyl sites for hydroxylation is 1. The summed E-state index contributed by atoms with van der Waals surface area (Å²) in [5.41, 5.74) is 2.93. The molecule has 9 heteroatoms. The molecule has 1 aromatic heterocycles. The van der Waals surface area contributed by atoms with Crippen LogP contribution in [0, 0.1) is 12.8 Å². The molecule has 0 saturated heterocycles. The average molecular weight is 549 g/mol. The van der Waals surface area contributed by atoms with Gasteiger partial charge in [0.15, 0.2) is 0 Å². The number of carbonyl (C=O) groups excluding carboxylic acids is 1. The van der Waals surface area contributed by atoms with Crippen molar-refractivity contribution in [2.24, 2.45) is 5.92 Å². The highest BCUT2D eigenvalue weighted by atomic mass is 19.4. The fourth-order valence-electron chi connectivity index (χ4n) is 5.24. The molecule has 5 rings (SSSR count). The van der Waals surface area contributed by atoms with Crippen LogP contribution in [0.15, 0.2) is 60.8 Å². The summed E-state index contributed by atoms with van der Waals surface area (Å²) in [5.74, 6) is 0.320. The van der Waals surface area contributed by atoms with Gasteiger partial charge in [0.05, 0.1) is 22.7 Å². The van der Waals surface area contributed by atoms with Crippen LogP contribution in [-0.2, 0) is 6.18 Å². The van der Waals surface area contributed by atoms with Crippen LogP contribution in [0.2, 0.25) is 0 Å². The molecule has 0 bridgehead atoms. The summed E-state index contributed by atoms with van der Waals surface area (Å²) in [7, 11) is 1.75. The number of alkyl halides is 3. The molecule has 1 atom stereocenters. The molecule has 1 heterocycles. The zero-order valence-corrected chi connectivity index (χ0v) is 22.6. The zero-order chi connectivity index (χ0) is 28.4. The molecule has 2 N–H and O–H groups in total. The van der Waals surface area contributed by atoms with Crippen LogP contribution in [0.4, 0.5) is 24.8 Å². The number of amides is 1. The van der Waals surface area contributed by atoms with Crippen molar-refractivity contribution in [2.45, 2.75) is 51.8 Å². The van der Waals surface area contributed by atoms with E-state index in [-0.39, 0.29) is 17.4 Å². The van der Waals surface area contributed by atoms with Gasteiger partial charge in [0.2, 0.25) is 5.95 Å². The van der Waals surface area contributed by atoms with Gasteiger partial charge in [-0.1, -0.05) is 25.0 Å². The lowest BCUT2D eigenvalue weighted by Crippen LogP contribution is -2.23. The van der Waals surface area contributed by atoms with E-state index in [9.17, 15) is 18.0 Å². The molecule has 4 aromatic rings. The molecule has 40 heavy (non-hydrogen) atoms. The van der Waals surface area contributed by atoms with Gasteiger partial charge in [0.1, 0.15) is 5.75 Å². The number of halogens is 3. The van der Waals surface area contributed by atoms with Gasteiger partial charge in [-0.25, -0.2) is 9.97 Å². The lowest BCUT2D eigenvalue weighted by molar-refractivity contribution is -0.137. The minimum absolute atomic E-state index is 0.146. The Hall–Kier alpha value is -4.14. The smallest absolute Gasteiger partial charge is 0.416 e. The van der Waals surface area contributed by atoms with Crippen molar-refractivity contribution in [1.82, 2.24) is 9.97 Å². The van der Waals surface area contributed by atoms with Crippen LogP contribution >= 0.6 is 0 Å². The van der Waals surface area contributed by atoms with E-state index in [4.69, 9.17) is 4.74 Å². The standard InChI is InChI=1S/C31H31F3N4O2/c1-18-8-11-24(16-25(18)21-9-12-27-22(14-21)17-36-30(35-3)38-27)37-29(39)26-15-23(31(32,33)34)10-13-28(26)40-19(2)20-6-4-5-7-20/h8-17,19-20H,4-7H2,1-3H3,(H,37,39)(H,35,36,38). The van der Waals surface area contributed by atoms with Gasteiger partial charge in [-0.3, -0.25) is 4.79 Å². The molecular formula is C31H31F3N4O2. The minimum atomic E-state index is -4.59. The number of fused-ring (bicyclic) bond motifs is 1. The summed E-state index contributed by atoms with van der Waals surface area (Å²) in [4.78, 5) is 22.1. The molecule has 1 unspecified atom stereocenters. The van der Waals surface area contributed by atoms with E-state index in [1.54, 1.807) is 19.3 Å². The topological polar surface area (TPSA) is 76.1 Å². The molecule has 1 aliphatic carbocycles. The molecular weight excluding hydrogens is 517 g/mol. The van der Waals surface area contributed by atoms with Gasteiger partial charge >= 0.3 is 6.18 Å². The number of rotatable bonds is 7. The summed E-state index contributed by atoms with van der Waals surface area (Å²) in [6, 6.07) is 14.3. The van der Waals surface area contributed by atoms with Crippen LogP contribution in [0.1, 0.15) is 54.1 Å². The van der Waals surface area contributed by atoms with Gasteiger partial charge in [0, 0.05) is 24.3 Å². The summed E-state index contributed by atoms with van der Waals surface area (Å²) < 4.78 is 46.7. The van der Waals surface area contributed by atoms with Gasteiger partial charge in [-0.2, -0.15) is 13.2 Å². The fourth-order valence-corrected chi connectivity index (χ4v) is 5.24. The van der Waals surface area contributed by atoms with E-state index in [2.05, 4.69) is 20.6 Å². The van der Waals surface area contributed by atoms with Gasteiger partial charge in [-0.15, -0.1) is 0 Å². The van der Waals surface area contributed by atoms with Crippen LogP contribution in [0.5, 0.6) is 5.75 Å². The third-order valence-electron chi connectivity index (χ3n) is 7.54. The highest BCUT2D eigenvalue weighted by Gasteiger charge is 2.33. The second-order valence-electron chi connectivity index (χ2n) is 10.3. The van der Waals surface area contributed by atoms with E-state index >= 15 is 0 Å². The molecule has 1 aliphatic rings. The van der Waals surface area contributed by atoms with Crippen LogP contribution in [0.3, 0.4) is 0 Å². The minimum Gasteiger partial charge on any atom is -0.490 e. The van der Waals surface area contributed by atoms with Crippen molar-refractivity contribution in [1.29, 1.82) is 0 Å². The maximum Gasteiger partial charge on any atom is 0.416 e. The monoisotopic (exact) mass is 548 g/mol. The van der Waals surface area contributed by atoms with E-state index in [0.717, 1.165) is 65.4 Å². The van der Waals surface area contributed by atoms with Crippen molar-refractivity contribution in [2.75, 3.05) is 17.7 Å². The maximum atomic E-state index is 13.6. The molecule has 1 amide bonds. The number of carbonyl (C=O) groups is 1. The number of benzene rings is 3. The Labute approximate surface area is 231 Å². The van der Waals surface area contributed by atoms with E-state index < -0.39 is 17.6 Å². The number of hydrogen-bond donors (Lipinski definition) is 2. The Kier molecular flexibility index (Phi) is 7.65. The normalized spacial score (nSPS) is 14.8. The third-order valence-corrected chi connectivity index (χ3v) is 7.54. The van der Waals surface area contributed by atoms with Gasteiger partial charge in [-0.05, 0) is 91.8 Å². The molecule has 0 radical (unpaired) electrons. The lowest BCUT2D eigenvalue weighted by Gasteiger charge is -2.23. The Morgan fingerprint density at radius 1 is 1.05 bits per heavy atom. The second-order valence-corrected chi connectivity index (χ2v) is 10.3. The lowest BCUT2D eigenvalue weighted by atomic mass is 9.98. The van der Waals surface area contributed by atoms with Crippen molar-refractivity contribution in [3.8, 4) is 16.9 Å². The largest absolute Gasteiger partial charge is 0.490 e. The highest BCUT2D eigenvalue weighted by Crippen LogP contribution is 2.36. The summed E-state index contributed by atoms with van der Waals surface area (Å²) >= 11 is 0. The Balaban J connectivity index is 1.44. The van der Waals surface area contributed by atoms with Crippen molar-refractivity contribution < 1.29 is 22.7 Å². The Morgan fingerprint density at radius 3 is 2.55 bits per heavy atom. The number of anilines is 2. The second kappa shape index (κ2) is 11.2. The SMILES string of the molecule is CNc1ncc2cc(-c3cc(NC(=O)c4cc(C(F)(F)F)ccc4OC(C)C4CCCC4)ccc3C)ccc2n1. The van der Waals surface area contributed by atoms with Crippen LogP contribution in [0.25, 0.3) is 22.0 Å². The number of hydrogen-bond acceptors (Lipinski definition) is 5. The fraction of sp³-hybridized carbons (Fsp3) is 0.323. The summed E-state index contributed by atoms with van der Waals surface area (Å²) in [5, 5.41) is 6.56. The molecule has 0 aliphatic heterocycles. The predicted octanol–water partition coefficient (Wildman–Crippen LogP) is 7.88. The number of ether oxygens (including phenoxy) is 1. The molecule has 208 valence electrons. The van der Waals surface area contributed by atoms with Crippen molar-refractivity contribution in [3.05, 3.63) is 77.5 Å². The third kappa shape index (κ3) is 5.88. The molecule has 1 fully saturated rings. The molecule has 1 saturated carbocycles. The first-order chi connectivity index (χ1) is 19.1. The van der Waals surface area contributed by atoms with Crippen LogP contribution < -0.4 is 15.4 Å². The molecule has 6 nitrogen and oxygen atoms in total. The molecule has 0 spiro atoms. The Bertz CT molecular complexity index is 1550.